The van der Waals surface area contributed by atoms with Gasteiger partial charge in [-0.25, -0.2) is 0 Å². The molecule has 1 aliphatic carbocycles. The average molecular weight is 375 g/mol. The fraction of sp³-hybridized carbons (Fsp3) is 0.619. The molecule has 3 N–H and O–H groups in total. The van der Waals surface area contributed by atoms with Gasteiger partial charge in [-0.1, -0.05) is 25.5 Å². The van der Waals surface area contributed by atoms with Gasteiger partial charge in [0, 0.05) is 46.0 Å². The Morgan fingerprint density at radius 2 is 1.96 bits per heavy atom. The van der Waals surface area contributed by atoms with Crippen LogP contribution in [0.25, 0.3) is 0 Å². The van der Waals surface area contributed by atoms with E-state index in [0.717, 1.165) is 43.2 Å². The van der Waals surface area contributed by atoms with Crippen LogP contribution >= 0.6 is 0 Å². The summed E-state index contributed by atoms with van der Waals surface area (Å²) >= 11 is 0. The second-order valence-corrected chi connectivity index (χ2v) is 7.37. The number of rotatable bonds is 10. The minimum absolute atomic E-state index is 0.0615. The van der Waals surface area contributed by atoms with Gasteiger partial charge in [-0.15, -0.1) is 0 Å². The van der Waals surface area contributed by atoms with Crippen molar-refractivity contribution in [3.63, 3.8) is 0 Å². The first-order valence-corrected chi connectivity index (χ1v) is 9.93. The molecule has 0 spiro atoms. The highest BCUT2D eigenvalue weighted by Crippen LogP contribution is 2.43. The molecule has 1 fully saturated rings. The monoisotopic (exact) mass is 374 g/mol. The van der Waals surface area contributed by atoms with Crippen molar-refractivity contribution >= 4 is 17.6 Å². The number of carbonyl (C=O) groups excluding carboxylic acids is 1. The summed E-state index contributed by atoms with van der Waals surface area (Å²) in [4.78, 5) is 16.0. The third-order valence-electron chi connectivity index (χ3n) is 5.28. The number of hydrogen-bond donors (Lipinski definition) is 3. The summed E-state index contributed by atoms with van der Waals surface area (Å²) in [5, 5.41) is 9.74. The first-order chi connectivity index (χ1) is 13.1. The number of nitrogens with zero attached hydrogens (tertiary/aromatic N) is 1. The van der Waals surface area contributed by atoms with E-state index in [4.69, 9.17) is 4.74 Å². The van der Waals surface area contributed by atoms with Crippen LogP contribution in [0.5, 0.6) is 0 Å². The van der Waals surface area contributed by atoms with Gasteiger partial charge < -0.3 is 20.7 Å². The summed E-state index contributed by atoms with van der Waals surface area (Å²) < 4.78 is 5.26. The predicted octanol–water partition coefficient (Wildman–Crippen LogP) is 3.30. The molecule has 0 aliphatic heterocycles. The van der Waals surface area contributed by atoms with Crippen molar-refractivity contribution in [2.45, 2.75) is 52.0 Å². The molecule has 27 heavy (non-hydrogen) atoms. The van der Waals surface area contributed by atoms with Crippen LogP contribution in [0.3, 0.4) is 0 Å². The molecule has 0 unspecified atom stereocenters. The molecule has 1 aromatic carbocycles. The number of hydrogen-bond acceptors (Lipinski definition) is 3. The quantitative estimate of drug-likeness (QED) is 0.434. The van der Waals surface area contributed by atoms with Crippen molar-refractivity contribution in [3.05, 3.63) is 29.8 Å². The Morgan fingerprint density at radius 3 is 2.52 bits per heavy atom. The fourth-order valence-electron chi connectivity index (χ4n) is 3.34. The Hall–Kier alpha value is -2.08. The minimum Gasteiger partial charge on any atom is -0.385 e. The van der Waals surface area contributed by atoms with Crippen LogP contribution in [0.1, 0.15) is 51.0 Å². The van der Waals surface area contributed by atoms with Crippen molar-refractivity contribution in [2.75, 3.05) is 32.6 Å². The van der Waals surface area contributed by atoms with Gasteiger partial charge in [0.2, 0.25) is 5.91 Å². The van der Waals surface area contributed by atoms with E-state index < -0.39 is 0 Å². The van der Waals surface area contributed by atoms with Gasteiger partial charge in [0.1, 0.15) is 0 Å². The van der Waals surface area contributed by atoms with E-state index in [1.165, 1.54) is 19.3 Å². The number of carbonyl (C=O) groups is 1. The molecule has 0 radical (unpaired) electrons. The smallest absolute Gasteiger partial charge is 0.224 e. The molecule has 1 aromatic rings. The van der Waals surface area contributed by atoms with Gasteiger partial charge in [0.15, 0.2) is 5.96 Å². The van der Waals surface area contributed by atoms with E-state index >= 15 is 0 Å². The average Bonchev–Trinajstić information content (AvgIpc) is 2.64. The van der Waals surface area contributed by atoms with E-state index in [0.29, 0.717) is 18.4 Å². The third kappa shape index (κ3) is 6.86. The predicted molar refractivity (Wildman–Crippen MR) is 111 cm³/mol. The number of ether oxygens (including phenoxy) is 1. The zero-order chi connectivity index (χ0) is 19.5. The van der Waals surface area contributed by atoms with E-state index in [-0.39, 0.29) is 5.91 Å². The maximum atomic E-state index is 11.6. The van der Waals surface area contributed by atoms with Gasteiger partial charge in [-0.2, -0.15) is 0 Å². The van der Waals surface area contributed by atoms with Crippen LogP contribution < -0.4 is 16.0 Å². The van der Waals surface area contributed by atoms with Crippen LogP contribution in [0.2, 0.25) is 0 Å². The molecule has 150 valence electrons. The topological polar surface area (TPSA) is 74.8 Å². The molecule has 6 heteroatoms. The third-order valence-corrected chi connectivity index (χ3v) is 5.28. The van der Waals surface area contributed by atoms with Crippen molar-refractivity contribution in [1.29, 1.82) is 0 Å². The lowest BCUT2D eigenvalue weighted by atomic mass is 9.67. The molecule has 2 rings (SSSR count). The normalized spacial score (nSPS) is 15.7. The summed E-state index contributed by atoms with van der Waals surface area (Å²) in [6.45, 7) is 4.43. The Balaban J connectivity index is 1.77. The van der Waals surface area contributed by atoms with Crippen LogP contribution in [0.4, 0.5) is 5.69 Å². The molecular weight excluding hydrogens is 340 g/mol. The lowest BCUT2D eigenvalue weighted by molar-refractivity contribution is -0.116. The highest BCUT2D eigenvalue weighted by Gasteiger charge is 2.36. The summed E-state index contributed by atoms with van der Waals surface area (Å²) in [7, 11) is 3.56. The zero-order valence-electron chi connectivity index (χ0n) is 16.9. The number of aliphatic imine (C=N–C) groups is 1. The van der Waals surface area contributed by atoms with E-state index in [1.54, 1.807) is 14.2 Å². The molecule has 6 nitrogen and oxygen atoms in total. The molecule has 1 aliphatic rings. The van der Waals surface area contributed by atoms with E-state index in [1.807, 2.05) is 31.2 Å². The molecule has 1 saturated carbocycles. The van der Waals surface area contributed by atoms with Crippen LogP contribution in [0, 0.1) is 5.41 Å². The first-order valence-electron chi connectivity index (χ1n) is 9.93. The Morgan fingerprint density at radius 1 is 1.22 bits per heavy atom. The maximum Gasteiger partial charge on any atom is 0.224 e. The number of methoxy groups -OCH3 is 1. The number of amides is 1. The van der Waals surface area contributed by atoms with E-state index in [9.17, 15) is 4.79 Å². The summed E-state index contributed by atoms with van der Waals surface area (Å²) in [6.07, 6.45) is 6.32. The van der Waals surface area contributed by atoms with Crippen LogP contribution in [-0.2, 0) is 16.1 Å². The molecule has 0 atom stereocenters. The molecule has 0 bridgehead atoms. The minimum atomic E-state index is 0.0615. The lowest BCUT2D eigenvalue weighted by Crippen LogP contribution is -2.46. The SMILES string of the molecule is CCCC(=O)Nc1ccc(CNC(=NC)NCC2(CCOC)CCC2)cc1. The Bertz CT molecular complexity index is 609. The molecule has 1 amide bonds. The first kappa shape index (κ1) is 21.2. The molecule has 0 heterocycles. The summed E-state index contributed by atoms with van der Waals surface area (Å²) in [6, 6.07) is 7.92. The molecular formula is C21H34N4O2. The summed E-state index contributed by atoms with van der Waals surface area (Å²) in [5.74, 6) is 0.880. The fourth-order valence-corrected chi connectivity index (χ4v) is 3.34. The van der Waals surface area contributed by atoms with Gasteiger partial charge in [0.05, 0.1) is 0 Å². The highest BCUT2D eigenvalue weighted by molar-refractivity contribution is 5.90. The van der Waals surface area contributed by atoms with Crippen molar-refractivity contribution < 1.29 is 9.53 Å². The van der Waals surface area contributed by atoms with Crippen molar-refractivity contribution in [3.8, 4) is 0 Å². The maximum absolute atomic E-state index is 11.6. The van der Waals surface area contributed by atoms with E-state index in [2.05, 4.69) is 20.9 Å². The van der Waals surface area contributed by atoms with Gasteiger partial charge in [0.25, 0.3) is 0 Å². The van der Waals surface area contributed by atoms with Gasteiger partial charge >= 0.3 is 0 Å². The summed E-state index contributed by atoms with van der Waals surface area (Å²) in [5.41, 5.74) is 2.33. The number of nitrogens with one attached hydrogen (secondary N) is 3. The van der Waals surface area contributed by atoms with Crippen LogP contribution in [-0.4, -0.2) is 39.2 Å². The van der Waals surface area contributed by atoms with Gasteiger partial charge in [-0.3, -0.25) is 9.79 Å². The lowest BCUT2D eigenvalue weighted by Gasteiger charge is -2.42. The molecule has 0 saturated heterocycles. The zero-order valence-corrected chi connectivity index (χ0v) is 16.9. The number of benzene rings is 1. The number of guanidine groups is 1. The second-order valence-electron chi connectivity index (χ2n) is 7.37. The molecule has 0 aromatic heterocycles. The number of anilines is 1. The van der Waals surface area contributed by atoms with Crippen molar-refractivity contribution in [2.24, 2.45) is 10.4 Å². The van der Waals surface area contributed by atoms with Crippen molar-refractivity contribution in [1.82, 2.24) is 10.6 Å². The Kier molecular flexibility index (Phi) is 8.58. The van der Waals surface area contributed by atoms with Crippen LogP contribution in [0.15, 0.2) is 29.3 Å². The highest BCUT2D eigenvalue weighted by atomic mass is 16.5. The standard InChI is InChI=1S/C21H34N4O2/c1-4-6-19(26)25-18-9-7-17(8-10-18)15-23-20(22-2)24-16-21(11-5-12-21)13-14-27-3/h7-10H,4-6,11-16H2,1-3H3,(H,25,26)(H2,22,23,24). The second kappa shape index (κ2) is 10.9. The largest absolute Gasteiger partial charge is 0.385 e. The Labute approximate surface area is 163 Å². The van der Waals surface area contributed by atoms with Gasteiger partial charge in [-0.05, 0) is 48.8 Å².